The van der Waals surface area contributed by atoms with Crippen molar-refractivity contribution in [3.05, 3.63) is 76.7 Å². The monoisotopic (exact) mass is 581 g/mol. The Kier molecular flexibility index (Phi) is 8.22. The quantitative estimate of drug-likeness (QED) is 0.410. The predicted molar refractivity (Wildman–Crippen MR) is 153 cm³/mol. The number of fused-ring (bicyclic) bond motifs is 1. The Morgan fingerprint density at radius 3 is 2.42 bits per heavy atom. The molecule has 9 nitrogen and oxygen atoms in total. The summed E-state index contributed by atoms with van der Waals surface area (Å²) >= 11 is 1.17. The number of carbonyl (C=O) groups is 3. The van der Waals surface area contributed by atoms with Crippen LogP contribution >= 0.6 is 11.3 Å². The lowest BCUT2D eigenvalue weighted by Gasteiger charge is -2.31. The standard InChI is InChI=1S/C29H31N3O6S2/c1-2-38-29(35)25-13-14-26(39-25)30-27(33)21-15-18-31(19-16-21)28(34)22-9-11-23(12-10-22)40(36,37)32-17-5-7-20-6-3-4-8-24(20)32/h3-4,6,8-14,21H,2,5,7,15-19H2,1H3,(H,30,33). The Bertz CT molecular complexity index is 1510. The van der Waals surface area contributed by atoms with E-state index in [-0.39, 0.29) is 29.2 Å². The third kappa shape index (κ3) is 5.75. The SMILES string of the molecule is CCOC(=O)c1ccc(NC(=O)C2CCN(C(=O)c3ccc(S(=O)(=O)N4CCCc5ccccc54)cc3)CC2)s1. The highest BCUT2D eigenvalue weighted by Gasteiger charge is 2.31. The first-order valence-corrected chi connectivity index (χ1v) is 15.6. The molecule has 0 atom stereocenters. The molecule has 0 spiro atoms. The van der Waals surface area contributed by atoms with Gasteiger partial charge in [-0.2, -0.15) is 0 Å². The van der Waals surface area contributed by atoms with E-state index in [2.05, 4.69) is 5.32 Å². The Balaban J connectivity index is 1.18. The molecule has 2 aliphatic rings. The molecule has 3 aromatic rings. The number of para-hydroxylation sites is 1. The van der Waals surface area contributed by atoms with E-state index in [0.717, 1.165) is 18.4 Å². The number of amides is 2. The molecule has 210 valence electrons. The molecule has 1 N–H and O–H groups in total. The van der Waals surface area contributed by atoms with Gasteiger partial charge in [0.2, 0.25) is 5.91 Å². The number of aryl methyl sites for hydroxylation is 1. The first kappa shape index (κ1) is 27.9. The van der Waals surface area contributed by atoms with E-state index < -0.39 is 16.0 Å². The van der Waals surface area contributed by atoms with Crippen LogP contribution in [0.25, 0.3) is 0 Å². The summed E-state index contributed by atoms with van der Waals surface area (Å²) in [6, 6.07) is 16.9. The van der Waals surface area contributed by atoms with Crippen molar-refractivity contribution < 1.29 is 27.5 Å². The summed E-state index contributed by atoms with van der Waals surface area (Å²) in [7, 11) is -3.75. The lowest BCUT2D eigenvalue weighted by atomic mass is 9.95. The van der Waals surface area contributed by atoms with Gasteiger partial charge in [-0.15, -0.1) is 11.3 Å². The van der Waals surface area contributed by atoms with Crippen LogP contribution in [0.15, 0.2) is 65.6 Å². The van der Waals surface area contributed by atoms with Crippen molar-refractivity contribution in [3.8, 4) is 0 Å². The number of ether oxygens (including phenoxy) is 1. The molecule has 0 saturated carbocycles. The maximum atomic E-state index is 13.4. The van der Waals surface area contributed by atoms with Crippen LogP contribution in [-0.2, 0) is 26.0 Å². The van der Waals surface area contributed by atoms with Crippen molar-refractivity contribution in [1.82, 2.24) is 4.90 Å². The summed E-state index contributed by atoms with van der Waals surface area (Å²) in [5.41, 5.74) is 2.13. The third-order valence-electron chi connectivity index (χ3n) is 7.24. The van der Waals surface area contributed by atoms with Gasteiger partial charge in [-0.05, 0) is 80.6 Å². The molecule has 3 heterocycles. The maximum Gasteiger partial charge on any atom is 0.348 e. The first-order valence-electron chi connectivity index (χ1n) is 13.4. The molecule has 0 radical (unpaired) electrons. The minimum absolute atomic E-state index is 0.141. The number of piperidine rings is 1. The summed E-state index contributed by atoms with van der Waals surface area (Å²) in [5, 5.41) is 3.44. The van der Waals surface area contributed by atoms with Crippen LogP contribution in [0.1, 0.15) is 51.8 Å². The number of carbonyl (C=O) groups excluding carboxylic acids is 3. The third-order valence-corrected chi connectivity index (χ3v) is 10.0. The molecule has 1 aromatic heterocycles. The van der Waals surface area contributed by atoms with Gasteiger partial charge in [-0.3, -0.25) is 13.9 Å². The average molecular weight is 582 g/mol. The fourth-order valence-electron chi connectivity index (χ4n) is 5.11. The van der Waals surface area contributed by atoms with Gasteiger partial charge in [-0.1, -0.05) is 18.2 Å². The van der Waals surface area contributed by atoms with Crippen molar-refractivity contribution in [2.75, 3.05) is 35.9 Å². The number of nitrogens with zero attached hydrogens (tertiary/aromatic N) is 2. The van der Waals surface area contributed by atoms with Gasteiger partial charge in [0.25, 0.3) is 15.9 Å². The summed E-state index contributed by atoms with van der Waals surface area (Å²) in [4.78, 5) is 40.0. The second-order valence-electron chi connectivity index (χ2n) is 9.77. The van der Waals surface area contributed by atoms with Crippen LogP contribution in [0.5, 0.6) is 0 Å². The first-order chi connectivity index (χ1) is 19.3. The van der Waals surface area contributed by atoms with E-state index in [1.165, 1.54) is 27.8 Å². The lowest BCUT2D eigenvalue weighted by Crippen LogP contribution is -2.41. The number of anilines is 2. The summed E-state index contributed by atoms with van der Waals surface area (Å²) < 4.78 is 33.2. The number of rotatable bonds is 7. The van der Waals surface area contributed by atoms with Crippen molar-refractivity contribution in [3.63, 3.8) is 0 Å². The van der Waals surface area contributed by atoms with Gasteiger partial charge in [0, 0.05) is 31.1 Å². The van der Waals surface area contributed by atoms with E-state index in [4.69, 9.17) is 4.74 Å². The molecule has 1 fully saturated rings. The molecule has 0 aliphatic carbocycles. The van der Waals surface area contributed by atoms with Crippen LogP contribution in [0.2, 0.25) is 0 Å². The number of esters is 1. The van der Waals surface area contributed by atoms with Crippen LogP contribution in [0.3, 0.4) is 0 Å². The molecule has 0 bridgehead atoms. The van der Waals surface area contributed by atoms with Crippen LogP contribution in [-0.4, -0.2) is 57.3 Å². The summed E-state index contributed by atoms with van der Waals surface area (Å²) in [5.74, 6) is -0.999. The van der Waals surface area contributed by atoms with Gasteiger partial charge >= 0.3 is 5.97 Å². The minimum Gasteiger partial charge on any atom is -0.462 e. The fourth-order valence-corrected chi connectivity index (χ4v) is 7.46. The predicted octanol–water partition coefficient (Wildman–Crippen LogP) is 4.56. The normalized spacial score (nSPS) is 15.8. The topological polar surface area (TPSA) is 113 Å². The Morgan fingerprint density at radius 1 is 0.975 bits per heavy atom. The molecule has 2 amide bonds. The molecule has 2 aliphatic heterocycles. The molecule has 0 unspecified atom stereocenters. The Labute approximate surface area is 237 Å². The zero-order valence-electron chi connectivity index (χ0n) is 22.2. The number of hydrogen-bond acceptors (Lipinski definition) is 7. The summed E-state index contributed by atoms with van der Waals surface area (Å²) in [6.45, 7) is 3.27. The van der Waals surface area contributed by atoms with E-state index in [1.54, 1.807) is 36.1 Å². The molecule has 2 aromatic carbocycles. The number of sulfonamides is 1. The van der Waals surface area contributed by atoms with Crippen molar-refractivity contribution in [2.45, 2.75) is 37.5 Å². The van der Waals surface area contributed by atoms with Crippen LogP contribution in [0, 0.1) is 5.92 Å². The van der Waals surface area contributed by atoms with Gasteiger partial charge < -0.3 is 15.0 Å². The maximum absolute atomic E-state index is 13.4. The second-order valence-corrected chi connectivity index (χ2v) is 12.7. The zero-order valence-corrected chi connectivity index (χ0v) is 23.8. The van der Waals surface area contributed by atoms with E-state index in [0.29, 0.717) is 53.6 Å². The molecule has 5 rings (SSSR count). The zero-order chi connectivity index (χ0) is 28.3. The lowest BCUT2D eigenvalue weighted by molar-refractivity contribution is -0.121. The van der Waals surface area contributed by atoms with Crippen LogP contribution in [0.4, 0.5) is 10.7 Å². The van der Waals surface area contributed by atoms with Gasteiger partial charge in [0.1, 0.15) is 4.88 Å². The van der Waals surface area contributed by atoms with Crippen LogP contribution < -0.4 is 9.62 Å². The van der Waals surface area contributed by atoms with Crippen molar-refractivity contribution in [2.24, 2.45) is 5.92 Å². The van der Waals surface area contributed by atoms with Gasteiger partial charge in [0.15, 0.2) is 0 Å². The molecular weight excluding hydrogens is 550 g/mol. The second kappa shape index (κ2) is 11.8. The average Bonchev–Trinajstić information content (AvgIpc) is 3.45. The molecule has 1 saturated heterocycles. The van der Waals surface area contributed by atoms with E-state index >= 15 is 0 Å². The highest BCUT2D eigenvalue weighted by Crippen LogP contribution is 2.32. The highest BCUT2D eigenvalue weighted by atomic mass is 32.2. The molecule has 40 heavy (non-hydrogen) atoms. The number of hydrogen-bond donors (Lipinski definition) is 1. The van der Waals surface area contributed by atoms with Gasteiger partial charge in [0.05, 0.1) is 22.2 Å². The largest absolute Gasteiger partial charge is 0.462 e. The smallest absolute Gasteiger partial charge is 0.348 e. The number of nitrogens with one attached hydrogen (secondary N) is 1. The highest BCUT2D eigenvalue weighted by molar-refractivity contribution is 7.92. The Hall–Kier alpha value is -3.70. The minimum atomic E-state index is -3.75. The van der Waals surface area contributed by atoms with Crippen molar-refractivity contribution >= 4 is 49.8 Å². The number of likely N-dealkylation sites (tertiary alicyclic amines) is 1. The number of benzene rings is 2. The van der Waals surface area contributed by atoms with E-state index in [1.807, 2.05) is 24.3 Å². The number of thiophene rings is 1. The Morgan fingerprint density at radius 2 is 1.70 bits per heavy atom. The fraction of sp³-hybridized carbons (Fsp3) is 0.345. The van der Waals surface area contributed by atoms with E-state index in [9.17, 15) is 22.8 Å². The van der Waals surface area contributed by atoms with Crippen molar-refractivity contribution in [1.29, 1.82) is 0 Å². The summed E-state index contributed by atoms with van der Waals surface area (Å²) in [6.07, 6.45) is 2.62. The molecule has 11 heteroatoms. The molecular formula is C29H31N3O6S2. The van der Waals surface area contributed by atoms with Gasteiger partial charge in [-0.25, -0.2) is 13.2 Å².